The molecule has 3 nitrogen and oxygen atoms in total. The van der Waals surface area contributed by atoms with Crippen molar-refractivity contribution >= 4 is 5.97 Å². The second-order valence-corrected chi connectivity index (χ2v) is 4.23. The van der Waals surface area contributed by atoms with Gasteiger partial charge in [-0.1, -0.05) is 25.1 Å². The molecule has 0 bridgehead atoms. The summed E-state index contributed by atoms with van der Waals surface area (Å²) < 4.78 is 10.5. The molecule has 0 spiro atoms. The average Bonchev–Trinajstić information content (AvgIpc) is 2.70. The van der Waals surface area contributed by atoms with E-state index in [1.165, 1.54) is 0 Å². The minimum atomic E-state index is -0.370. The third kappa shape index (κ3) is 2.30. The van der Waals surface area contributed by atoms with Crippen LogP contribution < -0.4 is 4.74 Å². The molecule has 1 aromatic carbocycles. The van der Waals surface area contributed by atoms with E-state index < -0.39 is 0 Å². The molecule has 0 aliphatic carbocycles. The van der Waals surface area contributed by atoms with Gasteiger partial charge in [-0.3, -0.25) is 0 Å². The molecule has 2 rings (SSSR count). The van der Waals surface area contributed by atoms with Gasteiger partial charge < -0.3 is 9.15 Å². The Balaban J connectivity index is 2.25. The van der Waals surface area contributed by atoms with Gasteiger partial charge in [-0.25, -0.2) is 4.79 Å². The van der Waals surface area contributed by atoms with Gasteiger partial charge in [-0.15, -0.1) is 0 Å². The summed E-state index contributed by atoms with van der Waals surface area (Å²) in [6.07, 6.45) is 2.38. The SMILES string of the molecule is CCc1ccccc1C(=O)Oc1occ(C)c1C. The number of aryl methyl sites for hydroxylation is 2. The number of rotatable bonds is 3. The molecule has 0 aliphatic rings. The smallest absolute Gasteiger partial charge is 0.346 e. The minimum Gasteiger partial charge on any atom is -0.433 e. The Labute approximate surface area is 106 Å². The normalized spacial score (nSPS) is 10.4. The highest BCUT2D eigenvalue weighted by molar-refractivity contribution is 5.92. The van der Waals surface area contributed by atoms with Crippen molar-refractivity contribution in [2.75, 3.05) is 0 Å². The maximum atomic E-state index is 12.1. The summed E-state index contributed by atoms with van der Waals surface area (Å²) in [5.41, 5.74) is 3.40. The Kier molecular flexibility index (Phi) is 3.51. The van der Waals surface area contributed by atoms with Gasteiger partial charge >= 0.3 is 5.97 Å². The first-order chi connectivity index (χ1) is 8.63. The molecule has 1 heterocycles. The van der Waals surface area contributed by atoms with Crippen molar-refractivity contribution in [1.29, 1.82) is 0 Å². The molecule has 0 radical (unpaired) electrons. The van der Waals surface area contributed by atoms with Gasteiger partial charge in [-0.05, 0) is 37.5 Å². The number of benzene rings is 1. The van der Waals surface area contributed by atoms with Crippen molar-refractivity contribution in [3.8, 4) is 5.95 Å². The van der Waals surface area contributed by atoms with Crippen molar-refractivity contribution in [1.82, 2.24) is 0 Å². The van der Waals surface area contributed by atoms with E-state index in [9.17, 15) is 4.79 Å². The summed E-state index contributed by atoms with van der Waals surface area (Å²) in [6.45, 7) is 5.79. The van der Waals surface area contributed by atoms with Crippen LogP contribution in [0.2, 0.25) is 0 Å². The fourth-order valence-electron chi connectivity index (χ4n) is 1.75. The van der Waals surface area contributed by atoms with Gasteiger partial charge in [-0.2, -0.15) is 0 Å². The first-order valence-corrected chi connectivity index (χ1v) is 5.98. The van der Waals surface area contributed by atoms with E-state index >= 15 is 0 Å². The van der Waals surface area contributed by atoms with Crippen LogP contribution in [-0.4, -0.2) is 5.97 Å². The zero-order chi connectivity index (χ0) is 13.1. The maximum absolute atomic E-state index is 12.1. The predicted octanol–water partition coefficient (Wildman–Crippen LogP) is 3.68. The zero-order valence-corrected chi connectivity index (χ0v) is 10.8. The fraction of sp³-hybridized carbons (Fsp3) is 0.267. The summed E-state index contributed by atoms with van der Waals surface area (Å²) in [4.78, 5) is 12.1. The van der Waals surface area contributed by atoms with Crippen LogP contribution in [0.15, 0.2) is 34.9 Å². The number of furan rings is 1. The van der Waals surface area contributed by atoms with Crippen molar-refractivity contribution in [3.63, 3.8) is 0 Å². The Morgan fingerprint density at radius 3 is 2.61 bits per heavy atom. The Bertz CT molecular complexity index is 567. The first kappa shape index (κ1) is 12.4. The molecule has 94 valence electrons. The molecule has 3 heteroatoms. The largest absolute Gasteiger partial charge is 0.433 e. The minimum absolute atomic E-state index is 0.281. The molecule has 0 atom stereocenters. The lowest BCUT2D eigenvalue weighted by atomic mass is 10.1. The van der Waals surface area contributed by atoms with Crippen molar-refractivity contribution in [2.24, 2.45) is 0 Å². The van der Waals surface area contributed by atoms with Gasteiger partial charge in [0.05, 0.1) is 11.8 Å². The number of hydrogen-bond donors (Lipinski definition) is 0. The highest BCUT2D eigenvalue weighted by Crippen LogP contribution is 2.24. The number of carbonyl (C=O) groups excluding carboxylic acids is 1. The van der Waals surface area contributed by atoms with Crippen LogP contribution in [0.4, 0.5) is 0 Å². The van der Waals surface area contributed by atoms with E-state index in [-0.39, 0.29) is 11.9 Å². The molecular formula is C15H16O3. The summed E-state index contributed by atoms with van der Waals surface area (Å²) in [5, 5.41) is 0. The van der Waals surface area contributed by atoms with E-state index in [1.807, 2.05) is 39.0 Å². The molecule has 0 N–H and O–H groups in total. The van der Waals surface area contributed by atoms with E-state index in [0.717, 1.165) is 23.1 Å². The average molecular weight is 244 g/mol. The third-order valence-corrected chi connectivity index (χ3v) is 3.04. The molecule has 1 aromatic heterocycles. The van der Waals surface area contributed by atoms with E-state index in [0.29, 0.717) is 5.56 Å². The lowest BCUT2D eigenvalue weighted by molar-refractivity contribution is 0.0691. The third-order valence-electron chi connectivity index (χ3n) is 3.04. The molecule has 18 heavy (non-hydrogen) atoms. The van der Waals surface area contributed by atoms with Gasteiger partial charge in [0.15, 0.2) is 0 Å². The molecule has 0 fully saturated rings. The topological polar surface area (TPSA) is 39.4 Å². The predicted molar refractivity (Wildman–Crippen MR) is 69.0 cm³/mol. The summed E-state index contributed by atoms with van der Waals surface area (Å²) in [5.74, 6) is -0.0895. The lowest BCUT2D eigenvalue weighted by Crippen LogP contribution is -2.11. The molecule has 0 aliphatic heterocycles. The quantitative estimate of drug-likeness (QED) is 0.773. The molecular weight excluding hydrogens is 228 g/mol. The summed E-state index contributed by atoms with van der Waals surface area (Å²) in [7, 11) is 0. The second-order valence-electron chi connectivity index (χ2n) is 4.23. The van der Waals surface area contributed by atoms with Crippen molar-refractivity contribution < 1.29 is 13.9 Å². The van der Waals surface area contributed by atoms with Gasteiger partial charge in [0, 0.05) is 5.56 Å². The van der Waals surface area contributed by atoms with Crippen LogP contribution in [0.3, 0.4) is 0 Å². The van der Waals surface area contributed by atoms with E-state index in [1.54, 1.807) is 12.3 Å². The molecule has 0 unspecified atom stereocenters. The fourth-order valence-corrected chi connectivity index (χ4v) is 1.75. The highest BCUT2D eigenvalue weighted by atomic mass is 16.6. The Morgan fingerprint density at radius 2 is 2.00 bits per heavy atom. The van der Waals surface area contributed by atoms with Crippen LogP contribution in [0.1, 0.15) is 34.0 Å². The van der Waals surface area contributed by atoms with Crippen LogP contribution >= 0.6 is 0 Å². The van der Waals surface area contributed by atoms with Gasteiger partial charge in [0.25, 0.3) is 5.95 Å². The second kappa shape index (κ2) is 5.08. The standard InChI is InChI=1S/C15H16O3/c1-4-12-7-5-6-8-13(12)14(16)18-15-11(3)10(2)9-17-15/h5-9H,4H2,1-3H3. The first-order valence-electron chi connectivity index (χ1n) is 5.98. The molecule has 0 amide bonds. The highest BCUT2D eigenvalue weighted by Gasteiger charge is 2.16. The van der Waals surface area contributed by atoms with Crippen molar-refractivity contribution in [2.45, 2.75) is 27.2 Å². The number of carbonyl (C=O) groups is 1. The zero-order valence-electron chi connectivity index (χ0n) is 10.8. The lowest BCUT2D eigenvalue weighted by Gasteiger charge is -2.06. The van der Waals surface area contributed by atoms with E-state index in [4.69, 9.17) is 9.15 Å². The maximum Gasteiger partial charge on any atom is 0.346 e. The van der Waals surface area contributed by atoms with Crippen LogP contribution in [0.25, 0.3) is 0 Å². The van der Waals surface area contributed by atoms with Crippen LogP contribution in [-0.2, 0) is 6.42 Å². The number of esters is 1. The molecule has 2 aromatic rings. The Morgan fingerprint density at radius 1 is 1.28 bits per heavy atom. The summed E-state index contributed by atoms with van der Waals surface area (Å²) >= 11 is 0. The van der Waals surface area contributed by atoms with Gasteiger partial charge in [0.2, 0.25) is 0 Å². The monoisotopic (exact) mass is 244 g/mol. The van der Waals surface area contributed by atoms with E-state index in [2.05, 4.69) is 0 Å². The summed E-state index contributed by atoms with van der Waals surface area (Å²) in [6, 6.07) is 7.44. The number of hydrogen-bond acceptors (Lipinski definition) is 3. The van der Waals surface area contributed by atoms with Crippen molar-refractivity contribution in [3.05, 3.63) is 52.8 Å². The number of ether oxygens (including phenoxy) is 1. The van der Waals surface area contributed by atoms with Crippen LogP contribution in [0, 0.1) is 13.8 Å². The van der Waals surface area contributed by atoms with Gasteiger partial charge in [0.1, 0.15) is 0 Å². The van der Waals surface area contributed by atoms with Crippen LogP contribution in [0.5, 0.6) is 5.95 Å². The molecule has 0 saturated carbocycles. The molecule has 0 saturated heterocycles. The Hall–Kier alpha value is -2.03.